The van der Waals surface area contributed by atoms with Gasteiger partial charge in [-0.25, -0.2) is 0 Å². The van der Waals surface area contributed by atoms with Gasteiger partial charge < -0.3 is 4.90 Å². The molecule has 0 heterocycles. The molecule has 9 aromatic carbocycles. The van der Waals surface area contributed by atoms with Gasteiger partial charge in [0.15, 0.2) is 0 Å². The third-order valence-electron chi connectivity index (χ3n) is 15.9. The van der Waals surface area contributed by atoms with Crippen LogP contribution in [0.15, 0.2) is 212 Å². The fraction of sp³-hybridized carbons (Fsp3) is 0.143. The summed E-state index contributed by atoms with van der Waals surface area (Å²) < 4.78 is 0. The number of rotatable bonds is 5. The Morgan fingerprint density at radius 2 is 0.688 bits per heavy atom. The second-order valence-electron chi connectivity index (χ2n) is 19.2. The summed E-state index contributed by atoms with van der Waals surface area (Å²) >= 11 is 0. The molecule has 4 aliphatic rings. The van der Waals surface area contributed by atoms with Gasteiger partial charge in [0.1, 0.15) is 0 Å². The average Bonchev–Trinajstić information content (AvgIpc) is 3.88. The van der Waals surface area contributed by atoms with Crippen molar-refractivity contribution in [3.8, 4) is 55.6 Å². The predicted octanol–water partition coefficient (Wildman–Crippen LogP) is 16.6. The lowest BCUT2D eigenvalue weighted by Crippen LogP contribution is -2.39. The van der Waals surface area contributed by atoms with Crippen molar-refractivity contribution in [2.75, 3.05) is 4.90 Å². The minimum absolute atomic E-state index is 0.0901. The molecule has 1 fully saturated rings. The highest BCUT2D eigenvalue weighted by Gasteiger charge is 2.54. The third kappa shape index (κ3) is 5.19. The molecule has 0 saturated heterocycles. The normalized spacial score (nSPS) is 16.1. The van der Waals surface area contributed by atoms with Gasteiger partial charge in [-0.1, -0.05) is 190 Å². The summed E-state index contributed by atoms with van der Waals surface area (Å²) in [6.07, 6.45) is 4.29. The summed E-state index contributed by atoms with van der Waals surface area (Å²) in [5.74, 6) is 0. The number of anilines is 3. The number of benzene rings is 9. The van der Waals surface area contributed by atoms with Gasteiger partial charge in [-0.2, -0.15) is 0 Å². The van der Waals surface area contributed by atoms with Crippen LogP contribution in [-0.4, -0.2) is 0 Å². The molecule has 0 bridgehead atoms. The highest BCUT2D eigenvalue weighted by Crippen LogP contribution is 2.66. The summed E-state index contributed by atoms with van der Waals surface area (Å²) in [5, 5.41) is 0. The Morgan fingerprint density at radius 3 is 1.25 bits per heavy atom. The summed E-state index contributed by atoms with van der Waals surface area (Å²) in [7, 11) is 0. The highest BCUT2D eigenvalue weighted by atomic mass is 15.1. The van der Waals surface area contributed by atoms with Crippen LogP contribution in [0.4, 0.5) is 17.1 Å². The molecule has 1 heteroatoms. The Labute approximate surface area is 377 Å². The second-order valence-corrected chi connectivity index (χ2v) is 19.2. The number of hydrogen-bond donors (Lipinski definition) is 0. The van der Waals surface area contributed by atoms with Crippen molar-refractivity contribution in [3.63, 3.8) is 0 Å². The number of hydrogen-bond acceptors (Lipinski definition) is 1. The van der Waals surface area contributed by atoms with Crippen LogP contribution in [0.25, 0.3) is 55.6 Å². The minimum atomic E-state index is -0.103. The van der Waals surface area contributed by atoms with Gasteiger partial charge >= 0.3 is 0 Å². The summed E-state index contributed by atoms with van der Waals surface area (Å²) in [4.78, 5) is 2.50. The molecule has 1 saturated carbocycles. The van der Waals surface area contributed by atoms with E-state index in [-0.39, 0.29) is 16.2 Å². The van der Waals surface area contributed by atoms with Gasteiger partial charge in [0.05, 0.1) is 0 Å². The van der Waals surface area contributed by atoms with E-state index in [1.165, 1.54) is 106 Å². The molecule has 4 aliphatic carbocycles. The minimum Gasteiger partial charge on any atom is -0.310 e. The maximum atomic E-state index is 2.57. The second kappa shape index (κ2) is 13.9. The zero-order valence-corrected chi connectivity index (χ0v) is 36.5. The van der Waals surface area contributed by atoms with Crippen LogP contribution in [0.1, 0.15) is 72.9 Å². The summed E-state index contributed by atoms with van der Waals surface area (Å²) in [6.45, 7) is 4.76. The Balaban J connectivity index is 0.959. The maximum Gasteiger partial charge on any atom is 0.0465 e. The van der Waals surface area contributed by atoms with Gasteiger partial charge in [-0.05, 0) is 151 Å². The molecule has 13 rings (SSSR count). The smallest absolute Gasteiger partial charge is 0.0465 e. The lowest BCUT2D eigenvalue weighted by Gasteiger charge is -2.46. The van der Waals surface area contributed by atoms with Crippen molar-refractivity contribution < 1.29 is 0 Å². The van der Waals surface area contributed by atoms with Gasteiger partial charge in [-0.15, -0.1) is 0 Å². The van der Waals surface area contributed by atoms with E-state index in [1.54, 1.807) is 0 Å². The number of fused-ring (bicyclic) bond motifs is 13. The van der Waals surface area contributed by atoms with Crippen LogP contribution in [-0.2, 0) is 16.2 Å². The van der Waals surface area contributed by atoms with Crippen molar-refractivity contribution >= 4 is 17.1 Å². The van der Waals surface area contributed by atoms with Gasteiger partial charge in [0.2, 0.25) is 0 Å². The van der Waals surface area contributed by atoms with Crippen LogP contribution < -0.4 is 4.90 Å². The first-order valence-corrected chi connectivity index (χ1v) is 23.2. The zero-order chi connectivity index (χ0) is 42.6. The van der Waals surface area contributed by atoms with E-state index in [2.05, 4.69) is 231 Å². The Kier molecular flexibility index (Phi) is 8.10. The van der Waals surface area contributed by atoms with Crippen molar-refractivity contribution in [1.29, 1.82) is 0 Å². The lowest BCUT2D eigenvalue weighted by atomic mass is 9.57. The topological polar surface area (TPSA) is 3.24 Å². The molecule has 1 nitrogen and oxygen atoms in total. The molecule has 0 atom stereocenters. The van der Waals surface area contributed by atoms with Crippen molar-refractivity contribution in [3.05, 3.63) is 246 Å². The lowest BCUT2D eigenvalue weighted by molar-refractivity contribution is 0.265. The van der Waals surface area contributed by atoms with Crippen LogP contribution in [0.2, 0.25) is 0 Å². The van der Waals surface area contributed by atoms with E-state index in [1.807, 2.05) is 0 Å². The van der Waals surface area contributed by atoms with Crippen LogP contribution in [0, 0.1) is 0 Å². The standard InChI is InChI=1S/C63H49N/c1-61(2)53-28-14-12-24-49(53)51-34-32-45(40-57(51)61)64(44-22-10-5-11-23-44)46-33-35-52-50-25-13-15-29-54(50)62(58(52)41-46)36-38-63(39-37-62)55-30-16-26-47(42-18-6-3-7-19-42)59(55)60-48(27-17-31-56(60)63)43-20-8-4-9-21-43/h3-35,40-41H,36-39H2,1-2H3. The fourth-order valence-corrected chi connectivity index (χ4v) is 12.9. The highest BCUT2D eigenvalue weighted by molar-refractivity contribution is 6.00. The van der Waals surface area contributed by atoms with Gasteiger partial charge in [0, 0.05) is 33.3 Å². The number of nitrogens with zero attached hydrogens (tertiary/aromatic N) is 1. The molecule has 0 aromatic heterocycles. The van der Waals surface area contributed by atoms with Gasteiger partial charge in [0.25, 0.3) is 0 Å². The van der Waals surface area contributed by atoms with Crippen molar-refractivity contribution in [2.45, 2.75) is 55.8 Å². The molecule has 2 spiro atoms. The van der Waals surface area contributed by atoms with Crippen LogP contribution in [0.3, 0.4) is 0 Å². The molecule has 9 aromatic rings. The van der Waals surface area contributed by atoms with E-state index in [0.29, 0.717) is 0 Å². The SMILES string of the molecule is CC1(C)c2ccccc2-c2ccc(N(c3ccccc3)c3ccc4c(c3)C3(CCC5(CC3)c3cccc(-c6ccccc6)c3-c3c(-c6ccccc6)cccc35)c3ccccc3-4)cc21. The van der Waals surface area contributed by atoms with Crippen LogP contribution in [0.5, 0.6) is 0 Å². The largest absolute Gasteiger partial charge is 0.310 e. The summed E-state index contributed by atoms with van der Waals surface area (Å²) in [5.41, 5.74) is 25.6. The van der Waals surface area contributed by atoms with E-state index in [0.717, 1.165) is 25.7 Å². The van der Waals surface area contributed by atoms with E-state index in [4.69, 9.17) is 0 Å². The molecule has 0 aliphatic heterocycles. The third-order valence-corrected chi connectivity index (χ3v) is 15.9. The van der Waals surface area contributed by atoms with Gasteiger partial charge in [-0.3, -0.25) is 0 Å². The van der Waals surface area contributed by atoms with E-state index < -0.39 is 0 Å². The number of para-hydroxylation sites is 1. The molecule has 306 valence electrons. The van der Waals surface area contributed by atoms with E-state index in [9.17, 15) is 0 Å². The van der Waals surface area contributed by atoms with Crippen molar-refractivity contribution in [2.24, 2.45) is 0 Å². The molecule has 64 heavy (non-hydrogen) atoms. The Hall–Kier alpha value is -7.22. The quantitative estimate of drug-likeness (QED) is 0.167. The first kappa shape index (κ1) is 37.3. The Morgan fingerprint density at radius 1 is 0.297 bits per heavy atom. The fourth-order valence-electron chi connectivity index (χ4n) is 12.9. The van der Waals surface area contributed by atoms with Crippen LogP contribution >= 0.6 is 0 Å². The molecule has 0 N–H and O–H groups in total. The monoisotopic (exact) mass is 819 g/mol. The maximum absolute atomic E-state index is 2.57. The molecule has 0 amide bonds. The first-order valence-electron chi connectivity index (χ1n) is 23.2. The first-order chi connectivity index (χ1) is 31.5. The zero-order valence-electron chi connectivity index (χ0n) is 36.5. The molecule has 0 radical (unpaired) electrons. The molecular weight excluding hydrogens is 771 g/mol. The average molecular weight is 820 g/mol. The predicted molar refractivity (Wildman–Crippen MR) is 267 cm³/mol. The molecule has 0 unspecified atom stereocenters. The Bertz CT molecular complexity index is 3200. The molecular formula is C63H49N. The van der Waals surface area contributed by atoms with Crippen molar-refractivity contribution in [1.82, 2.24) is 0 Å². The van der Waals surface area contributed by atoms with E-state index >= 15 is 0 Å². The summed E-state index contributed by atoms with van der Waals surface area (Å²) in [6, 6.07) is 80.2.